The number of benzene rings is 1. The van der Waals surface area contributed by atoms with Gasteiger partial charge in [0.1, 0.15) is 11.3 Å². The fourth-order valence-electron chi connectivity index (χ4n) is 3.25. The predicted octanol–water partition coefficient (Wildman–Crippen LogP) is 2.28. The lowest BCUT2D eigenvalue weighted by Crippen LogP contribution is -2.16. The van der Waals surface area contributed by atoms with E-state index in [9.17, 15) is 9.90 Å². The first-order chi connectivity index (χ1) is 11.9. The van der Waals surface area contributed by atoms with E-state index < -0.39 is 5.91 Å². The Morgan fingerprint density at radius 3 is 2.68 bits per heavy atom. The van der Waals surface area contributed by atoms with Crippen molar-refractivity contribution in [2.45, 2.75) is 32.6 Å². The number of aromatic nitrogens is 3. The molecule has 4 rings (SSSR count). The fourth-order valence-corrected chi connectivity index (χ4v) is 3.25. The summed E-state index contributed by atoms with van der Waals surface area (Å²) in [6.45, 7) is 3.73. The number of anilines is 1. The topological polar surface area (TPSA) is 120 Å². The smallest absolute Gasteiger partial charge is 0.254 e. The van der Waals surface area contributed by atoms with Crippen molar-refractivity contribution in [3.63, 3.8) is 0 Å². The van der Waals surface area contributed by atoms with Gasteiger partial charge >= 0.3 is 0 Å². The molecule has 1 aliphatic carbocycles. The van der Waals surface area contributed by atoms with E-state index in [1.54, 1.807) is 16.8 Å². The monoisotopic (exact) mass is 337 g/mol. The standard InChI is InChI=1S/C18H19N5O2/c1-8-3-6-12(24)9(2)13(8)11-7-23-18(14(15(11)19)16(20)25)21-17(22-23)10-4-5-10/h3,6-7,10,24H,4-5,19H2,1-2H3,(H2,20,25). The summed E-state index contributed by atoms with van der Waals surface area (Å²) in [4.78, 5) is 16.5. The van der Waals surface area contributed by atoms with Gasteiger partial charge in [0.25, 0.3) is 5.91 Å². The first-order valence-corrected chi connectivity index (χ1v) is 8.16. The Kier molecular flexibility index (Phi) is 3.21. The average Bonchev–Trinajstić information content (AvgIpc) is 3.32. The van der Waals surface area contributed by atoms with E-state index in [4.69, 9.17) is 11.5 Å². The van der Waals surface area contributed by atoms with Gasteiger partial charge in [-0.3, -0.25) is 4.79 Å². The highest BCUT2D eigenvalue weighted by Crippen LogP contribution is 2.40. The minimum atomic E-state index is -0.644. The fraction of sp³-hybridized carbons (Fsp3) is 0.278. The van der Waals surface area contributed by atoms with Crippen molar-refractivity contribution in [1.82, 2.24) is 14.6 Å². The van der Waals surface area contributed by atoms with E-state index in [1.165, 1.54) is 0 Å². The van der Waals surface area contributed by atoms with Gasteiger partial charge in [0.15, 0.2) is 11.5 Å². The molecule has 1 fully saturated rings. The van der Waals surface area contributed by atoms with Gasteiger partial charge in [-0.05, 0) is 49.4 Å². The number of carbonyl (C=O) groups is 1. The van der Waals surface area contributed by atoms with Crippen LogP contribution < -0.4 is 11.5 Å². The van der Waals surface area contributed by atoms with Gasteiger partial charge in [-0.1, -0.05) is 6.07 Å². The normalized spacial score (nSPS) is 14.2. The number of pyridine rings is 1. The summed E-state index contributed by atoms with van der Waals surface area (Å²) < 4.78 is 1.57. The molecule has 0 spiro atoms. The predicted molar refractivity (Wildman–Crippen MR) is 94.5 cm³/mol. The number of carbonyl (C=O) groups excluding carboxylic acids is 1. The summed E-state index contributed by atoms with van der Waals surface area (Å²) >= 11 is 0. The van der Waals surface area contributed by atoms with E-state index in [0.29, 0.717) is 28.5 Å². The maximum Gasteiger partial charge on any atom is 0.254 e. The van der Waals surface area contributed by atoms with Crippen LogP contribution in [-0.4, -0.2) is 25.6 Å². The number of phenolic OH excluding ortho intramolecular Hbond substituents is 1. The molecule has 25 heavy (non-hydrogen) atoms. The van der Waals surface area contributed by atoms with Crippen molar-refractivity contribution in [1.29, 1.82) is 0 Å². The summed E-state index contributed by atoms with van der Waals surface area (Å²) in [6.07, 6.45) is 3.86. The number of fused-ring (bicyclic) bond motifs is 1. The Bertz CT molecular complexity index is 1030. The Morgan fingerprint density at radius 1 is 1.32 bits per heavy atom. The lowest BCUT2D eigenvalue weighted by atomic mass is 9.93. The lowest BCUT2D eigenvalue weighted by molar-refractivity contribution is 0.100. The van der Waals surface area contributed by atoms with Crippen LogP contribution in [0.2, 0.25) is 0 Å². The molecule has 0 atom stereocenters. The molecular weight excluding hydrogens is 318 g/mol. The second-order valence-electron chi connectivity index (χ2n) is 6.61. The van der Waals surface area contributed by atoms with Crippen molar-refractivity contribution in [2.75, 3.05) is 5.73 Å². The number of aryl methyl sites for hydroxylation is 1. The molecule has 7 nitrogen and oxygen atoms in total. The van der Waals surface area contributed by atoms with Crippen molar-refractivity contribution in [2.24, 2.45) is 5.73 Å². The quantitative estimate of drug-likeness (QED) is 0.677. The maximum atomic E-state index is 12.1. The number of nitrogens with two attached hydrogens (primary N) is 2. The van der Waals surface area contributed by atoms with Gasteiger partial charge in [0.05, 0.1) is 5.69 Å². The largest absolute Gasteiger partial charge is 0.508 e. The molecule has 3 aromatic rings. The third-order valence-electron chi connectivity index (χ3n) is 4.79. The number of phenols is 1. The van der Waals surface area contributed by atoms with Gasteiger partial charge in [-0.25, -0.2) is 9.50 Å². The molecule has 0 aliphatic heterocycles. The summed E-state index contributed by atoms with van der Waals surface area (Å²) in [5.41, 5.74) is 15.7. The number of aromatic hydroxyl groups is 1. The highest BCUT2D eigenvalue weighted by Gasteiger charge is 2.30. The molecule has 1 amide bonds. The number of rotatable bonds is 3. The molecule has 5 N–H and O–H groups in total. The number of primary amides is 1. The summed E-state index contributed by atoms with van der Waals surface area (Å²) in [5.74, 6) is 0.575. The van der Waals surface area contributed by atoms with Crippen LogP contribution in [0.4, 0.5) is 5.69 Å². The van der Waals surface area contributed by atoms with E-state index in [0.717, 1.165) is 24.0 Å². The van der Waals surface area contributed by atoms with Crippen molar-refractivity contribution in [3.05, 3.63) is 40.8 Å². The van der Waals surface area contributed by atoms with Crippen molar-refractivity contribution < 1.29 is 9.90 Å². The molecule has 0 radical (unpaired) electrons. The van der Waals surface area contributed by atoms with Crippen molar-refractivity contribution in [3.8, 4) is 16.9 Å². The molecule has 0 bridgehead atoms. The summed E-state index contributed by atoms with van der Waals surface area (Å²) in [6, 6.07) is 3.45. The molecule has 1 aliphatic rings. The SMILES string of the molecule is Cc1ccc(O)c(C)c1-c1cn2nc(C3CC3)nc2c(C(N)=O)c1N. The van der Waals surface area contributed by atoms with E-state index in [-0.39, 0.29) is 17.0 Å². The van der Waals surface area contributed by atoms with Crippen LogP contribution in [0.1, 0.15) is 46.1 Å². The van der Waals surface area contributed by atoms with E-state index >= 15 is 0 Å². The Morgan fingerprint density at radius 2 is 2.04 bits per heavy atom. The van der Waals surface area contributed by atoms with Gasteiger partial charge in [0.2, 0.25) is 0 Å². The third kappa shape index (κ3) is 2.31. The zero-order valence-electron chi connectivity index (χ0n) is 14.1. The highest BCUT2D eigenvalue weighted by atomic mass is 16.3. The lowest BCUT2D eigenvalue weighted by Gasteiger charge is -2.15. The first kappa shape index (κ1) is 15.4. The van der Waals surface area contributed by atoms with Crippen molar-refractivity contribution >= 4 is 17.2 Å². The maximum absolute atomic E-state index is 12.1. The molecule has 1 aromatic carbocycles. The molecule has 1 saturated carbocycles. The molecule has 0 saturated heterocycles. The molecule has 2 heterocycles. The molecule has 7 heteroatoms. The second kappa shape index (κ2) is 5.20. The number of amides is 1. The zero-order chi connectivity index (χ0) is 17.9. The molecule has 0 unspecified atom stereocenters. The van der Waals surface area contributed by atoms with Gasteiger partial charge < -0.3 is 16.6 Å². The number of nitrogens with zero attached hydrogens (tertiary/aromatic N) is 3. The van der Waals surface area contributed by atoms with E-state index in [1.807, 2.05) is 19.9 Å². The average molecular weight is 337 g/mol. The Labute approximate surface area is 144 Å². The Hall–Kier alpha value is -3.09. The molecular formula is C18H19N5O2. The van der Waals surface area contributed by atoms with Crippen LogP contribution in [-0.2, 0) is 0 Å². The van der Waals surface area contributed by atoms with Crippen LogP contribution in [0.25, 0.3) is 16.8 Å². The minimum absolute atomic E-state index is 0.165. The number of hydrogen-bond acceptors (Lipinski definition) is 5. The third-order valence-corrected chi connectivity index (χ3v) is 4.79. The minimum Gasteiger partial charge on any atom is -0.508 e. The van der Waals surface area contributed by atoms with Crippen LogP contribution >= 0.6 is 0 Å². The van der Waals surface area contributed by atoms with Gasteiger partial charge in [-0.2, -0.15) is 5.10 Å². The van der Waals surface area contributed by atoms with Crippen LogP contribution in [0, 0.1) is 13.8 Å². The molecule has 2 aromatic heterocycles. The highest BCUT2D eigenvalue weighted by molar-refractivity contribution is 6.07. The first-order valence-electron chi connectivity index (χ1n) is 8.16. The van der Waals surface area contributed by atoms with Gasteiger partial charge in [-0.15, -0.1) is 0 Å². The van der Waals surface area contributed by atoms with Crippen LogP contribution in [0.5, 0.6) is 5.75 Å². The number of hydrogen-bond donors (Lipinski definition) is 3. The molecule has 128 valence electrons. The van der Waals surface area contributed by atoms with Crippen LogP contribution in [0.15, 0.2) is 18.3 Å². The Balaban J connectivity index is 2.07. The zero-order valence-corrected chi connectivity index (χ0v) is 14.1. The van der Waals surface area contributed by atoms with Crippen LogP contribution in [0.3, 0.4) is 0 Å². The second-order valence-corrected chi connectivity index (χ2v) is 6.61. The number of nitrogen functional groups attached to an aromatic ring is 1. The van der Waals surface area contributed by atoms with Gasteiger partial charge in [0, 0.05) is 17.7 Å². The van der Waals surface area contributed by atoms with E-state index in [2.05, 4.69) is 10.1 Å². The summed E-state index contributed by atoms with van der Waals surface area (Å²) in [7, 11) is 0. The summed E-state index contributed by atoms with van der Waals surface area (Å²) in [5, 5.41) is 14.6.